The van der Waals surface area contributed by atoms with E-state index in [4.69, 9.17) is 5.11 Å². The highest BCUT2D eigenvalue weighted by Crippen LogP contribution is 2.05. The molecule has 1 aromatic heterocycles. The Morgan fingerprint density at radius 3 is 2.87 bits per heavy atom. The summed E-state index contributed by atoms with van der Waals surface area (Å²) in [6, 6.07) is 2.01. The second-order valence-corrected chi connectivity index (χ2v) is 4.44. The summed E-state index contributed by atoms with van der Waals surface area (Å²) in [7, 11) is 0. The van der Waals surface area contributed by atoms with Crippen LogP contribution >= 0.6 is 0 Å². The van der Waals surface area contributed by atoms with E-state index in [1.807, 2.05) is 30.8 Å². The molecule has 0 aromatic carbocycles. The average molecular weight is 211 g/mol. The third-order valence-corrected chi connectivity index (χ3v) is 2.38. The zero-order chi connectivity index (χ0) is 11.3. The molecule has 1 heterocycles. The van der Waals surface area contributed by atoms with Gasteiger partial charge in [-0.1, -0.05) is 6.92 Å². The molecule has 0 fully saturated rings. The van der Waals surface area contributed by atoms with Crippen molar-refractivity contribution in [1.29, 1.82) is 0 Å². The molecule has 0 atom stereocenters. The standard InChI is InChI=1S/C11H21N3O/c1-4-7-14-10(5-6-13-14)8-12-11(2,3)9-15/h5-6,12,15H,4,7-9H2,1-3H3. The van der Waals surface area contributed by atoms with Crippen molar-refractivity contribution in [2.24, 2.45) is 0 Å². The molecule has 4 heteroatoms. The molecular formula is C11H21N3O. The Morgan fingerprint density at radius 1 is 1.53 bits per heavy atom. The predicted molar refractivity (Wildman–Crippen MR) is 60.5 cm³/mol. The van der Waals surface area contributed by atoms with Crippen LogP contribution in [0.5, 0.6) is 0 Å². The van der Waals surface area contributed by atoms with Gasteiger partial charge >= 0.3 is 0 Å². The predicted octanol–water partition coefficient (Wildman–Crippen LogP) is 1.15. The minimum absolute atomic E-state index is 0.134. The van der Waals surface area contributed by atoms with Crippen LogP contribution < -0.4 is 5.32 Å². The normalized spacial score (nSPS) is 12.0. The topological polar surface area (TPSA) is 50.1 Å². The first-order chi connectivity index (χ1) is 7.09. The van der Waals surface area contributed by atoms with Crippen LogP contribution in [-0.4, -0.2) is 27.0 Å². The van der Waals surface area contributed by atoms with Crippen molar-refractivity contribution in [2.45, 2.75) is 45.8 Å². The van der Waals surface area contributed by atoms with Gasteiger partial charge in [0.1, 0.15) is 0 Å². The van der Waals surface area contributed by atoms with Crippen LogP contribution in [0, 0.1) is 0 Å². The van der Waals surface area contributed by atoms with E-state index < -0.39 is 0 Å². The zero-order valence-corrected chi connectivity index (χ0v) is 9.82. The number of hydrogen-bond donors (Lipinski definition) is 2. The van der Waals surface area contributed by atoms with Gasteiger partial charge in [0, 0.05) is 24.8 Å². The fraction of sp³-hybridized carbons (Fsp3) is 0.727. The van der Waals surface area contributed by atoms with Crippen LogP contribution in [-0.2, 0) is 13.1 Å². The van der Waals surface area contributed by atoms with Gasteiger partial charge in [0.2, 0.25) is 0 Å². The molecule has 0 saturated heterocycles. The molecule has 0 radical (unpaired) electrons. The molecule has 1 aromatic rings. The Labute approximate surface area is 91.3 Å². The largest absolute Gasteiger partial charge is 0.394 e. The summed E-state index contributed by atoms with van der Waals surface area (Å²) in [4.78, 5) is 0. The molecule has 0 saturated carbocycles. The zero-order valence-electron chi connectivity index (χ0n) is 9.82. The van der Waals surface area contributed by atoms with Crippen LogP contribution in [0.3, 0.4) is 0 Å². The Balaban J connectivity index is 2.53. The first-order valence-corrected chi connectivity index (χ1v) is 5.45. The van der Waals surface area contributed by atoms with Gasteiger partial charge in [-0.25, -0.2) is 0 Å². The van der Waals surface area contributed by atoms with E-state index in [-0.39, 0.29) is 12.1 Å². The monoisotopic (exact) mass is 211 g/mol. The van der Waals surface area contributed by atoms with Gasteiger partial charge < -0.3 is 10.4 Å². The number of aliphatic hydroxyl groups excluding tert-OH is 1. The minimum Gasteiger partial charge on any atom is -0.394 e. The van der Waals surface area contributed by atoms with Crippen LogP contribution in [0.15, 0.2) is 12.3 Å². The van der Waals surface area contributed by atoms with Crippen LogP contribution in [0.4, 0.5) is 0 Å². The summed E-state index contributed by atoms with van der Waals surface area (Å²) in [5, 5.41) is 16.7. The molecular weight excluding hydrogens is 190 g/mol. The van der Waals surface area contributed by atoms with Crippen molar-refractivity contribution in [3.63, 3.8) is 0 Å². The van der Waals surface area contributed by atoms with E-state index in [2.05, 4.69) is 17.3 Å². The first-order valence-electron chi connectivity index (χ1n) is 5.45. The number of aryl methyl sites for hydroxylation is 1. The highest BCUT2D eigenvalue weighted by Gasteiger charge is 2.15. The second-order valence-electron chi connectivity index (χ2n) is 4.44. The number of aliphatic hydroxyl groups is 1. The Morgan fingerprint density at radius 2 is 2.27 bits per heavy atom. The molecule has 15 heavy (non-hydrogen) atoms. The van der Waals surface area contributed by atoms with Crippen molar-refractivity contribution < 1.29 is 5.11 Å². The lowest BCUT2D eigenvalue weighted by atomic mass is 10.1. The van der Waals surface area contributed by atoms with E-state index in [1.54, 1.807) is 0 Å². The van der Waals surface area contributed by atoms with Crippen LogP contribution in [0.1, 0.15) is 32.9 Å². The average Bonchev–Trinajstić information content (AvgIpc) is 2.64. The van der Waals surface area contributed by atoms with E-state index >= 15 is 0 Å². The lowest BCUT2D eigenvalue weighted by molar-refractivity contribution is 0.186. The Hall–Kier alpha value is -0.870. The molecule has 0 unspecified atom stereocenters. The molecule has 86 valence electrons. The van der Waals surface area contributed by atoms with E-state index in [1.165, 1.54) is 5.69 Å². The number of nitrogens with one attached hydrogen (secondary N) is 1. The highest BCUT2D eigenvalue weighted by atomic mass is 16.3. The summed E-state index contributed by atoms with van der Waals surface area (Å²) in [5.74, 6) is 0. The maximum atomic E-state index is 9.11. The second kappa shape index (κ2) is 5.28. The summed E-state index contributed by atoms with van der Waals surface area (Å²) < 4.78 is 2.00. The summed E-state index contributed by atoms with van der Waals surface area (Å²) >= 11 is 0. The molecule has 1 rings (SSSR count). The molecule has 0 aliphatic carbocycles. The minimum atomic E-state index is -0.235. The molecule has 0 amide bonds. The van der Waals surface area contributed by atoms with E-state index in [0.29, 0.717) is 0 Å². The third-order valence-electron chi connectivity index (χ3n) is 2.38. The molecule has 0 spiro atoms. The van der Waals surface area contributed by atoms with Gasteiger partial charge in [-0.15, -0.1) is 0 Å². The van der Waals surface area contributed by atoms with Gasteiger partial charge in [0.25, 0.3) is 0 Å². The van der Waals surface area contributed by atoms with Crippen LogP contribution in [0.2, 0.25) is 0 Å². The Kier molecular flexibility index (Phi) is 4.29. The Bertz CT molecular complexity index is 294. The van der Waals surface area contributed by atoms with Crippen molar-refractivity contribution in [2.75, 3.05) is 6.61 Å². The van der Waals surface area contributed by atoms with E-state index in [0.717, 1.165) is 19.5 Å². The lowest BCUT2D eigenvalue weighted by Crippen LogP contribution is -2.42. The number of rotatable bonds is 6. The summed E-state index contributed by atoms with van der Waals surface area (Å²) in [6.45, 7) is 7.92. The smallest absolute Gasteiger partial charge is 0.0607 e. The third kappa shape index (κ3) is 3.64. The quantitative estimate of drug-likeness (QED) is 0.742. The number of hydrogen-bond acceptors (Lipinski definition) is 3. The molecule has 0 aliphatic rings. The first kappa shape index (κ1) is 12.2. The van der Waals surface area contributed by atoms with Crippen molar-refractivity contribution >= 4 is 0 Å². The number of aromatic nitrogens is 2. The maximum absolute atomic E-state index is 9.11. The van der Waals surface area contributed by atoms with Gasteiger partial charge in [-0.3, -0.25) is 4.68 Å². The maximum Gasteiger partial charge on any atom is 0.0607 e. The van der Waals surface area contributed by atoms with Crippen molar-refractivity contribution in [1.82, 2.24) is 15.1 Å². The molecule has 0 aliphatic heterocycles. The molecule has 0 bridgehead atoms. The molecule has 2 N–H and O–H groups in total. The van der Waals surface area contributed by atoms with Crippen LogP contribution in [0.25, 0.3) is 0 Å². The molecule has 4 nitrogen and oxygen atoms in total. The summed E-state index contributed by atoms with van der Waals surface area (Å²) in [6.07, 6.45) is 2.90. The van der Waals surface area contributed by atoms with Gasteiger partial charge in [-0.2, -0.15) is 5.10 Å². The number of nitrogens with zero attached hydrogens (tertiary/aromatic N) is 2. The summed E-state index contributed by atoms with van der Waals surface area (Å²) in [5.41, 5.74) is 0.930. The van der Waals surface area contributed by atoms with Gasteiger partial charge in [-0.05, 0) is 26.3 Å². The van der Waals surface area contributed by atoms with Gasteiger partial charge in [0.05, 0.1) is 12.3 Å². The fourth-order valence-electron chi connectivity index (χ4n) is 1.31. The van der Waals surface area contributed by atoms with Crippen molar-refractivity contribution in [3.8, 4) is 0 Å². The lowest BCUT2D eigenvalue weighted by Gasteiger charge is -2.23. The highest BCUT2D eigenvalue weighted by molar-refractivity contribution is 5.01. The van der Waals surface area contributed by atoms with Crippen molar-refractivity contribution in [3.05, 3.63) is 18.0 Å². The van der Waals surface area contributed by atoms with Gasteiger partial charge in [0.15, 0.2) is 0 Å². The van der Waals surface area contributed by atoms with E-state index in [9.17, 15) is 0 Å². The fourth-order valence-corrected chi connectivity index (χ4v) is 1.31. The SMILES string of the molecule is CCCn1nccc1CNC(C)(C)CO.